The molecule has 2 aromatic carbocycles. The summed E-state index contributed by atoms with van der Waals surface area (Å²) < 4.78 is 16.1. The van der Waals surface area contributed by atoms with Crippen molar-refractivity contribution in [2.45, 2.75) is 26.4 Å². The molecule has 0 atom stereocenters. The topological polar surface area (TPSA) is 60.0 Å². The minimum absolute atomic E-state index is 0.0369. The Kier molecular flexibility index (Phi) is 7.90. The molecule has 0 aliphatic carbocycles. The number of nitrogens with zero attached hydrogens (tertiary/aromatic N) is 1. The number of carbonyl (C=O) groups is 1. The maximum absolute atomic E-state index is 12.4. The van der Waals surface area contributed by atoms with Gasteiger partial charge in [0.25, 0.3) is 0 Å². The van der Waals surface area contributed by atoms with Crippen molar-refractivity contribution in [3.63, 3.8) is 0 Å². The van der Waals surface area contributed by atoms with Crippen LogP contribution in [0.25, 0.3) is 0 Å². The lowest BCUT2D eigenvalue weighted by Crippen LogP contribution is -2.39. The molecule has 1 amide bonds. The van der Waals surface area contributed by atoms with Gasteiger partial charge in [0, 0.05) is 26.7 Å². The van der Waals surface area contributed by atoms with Gasteiger partial charge in [0.15, 0.2) is 0 Å². The second-order valence-electron chi connectivity index (χ2n) is 7.09. The van der Waals surface area contributed by atoms with Crippen molar-refractivity contribution < 1.29 is 19.0 Å². The van der Waals surface area contributed by atoms with E-state index in [-0.39, 0.29) is 5.91 Å². The molecule has 1 N–H and O–H groups in total. The molecule has 2 aromatic rings. The summed E-state index contributed by atoms with van der Waals surface area (Å²) in [6.07, 6.45) is 0.958. The van der Waals surface area contributed by atoms with Crippen LogP contribution in [0, 0.1) is 0 Å². The van der Waals surface area contributed by atoms with Crippen LogP contribution in [0.4, 0.5) is 0 Å². The Labute approximate surface area is 172 Å². The first-order valence-electron chi connectivity index (χ1n) is 10.1. The molecule has 6 heteroatoms. The van der Waals surface area contributed by atoms with E-state index in [0.717, 1.165) is 36.6 Å². The van der Waals surface area contributed by atoms with Gasteiger partial charge < -0.3 is 19.5 Å². The average molecular weight is 399 g/mol. The first kappa shape index (κ1) is 21.1. The molecular weight excluding hydrogens is 368 g/mol. The molecule has 3 rings (SSSR count). The highest BCUT2D eigenvalue weighted by atomic mass is 16.5. The Bertz CT molecular complexity index is 792. The number of rotatable bonds is 10. The van der Waals surface area contributed by atoms with Crippen LogP contribution in [0.1, 0.15) is 23.6 Å². The molecule has 0 saturated heterocycles. The fraction of sp³-hybridized carbons (Fsp3) is 0.435. The molecule has 0 fully saturated rings. The number of methoxy groups -OCH3 is 1. The van der Waals surface area contributed by atoms with Crippen LogP contribution in [-0.4, -0.2) is 50.8 Å². The maximum Gasteiger partial charge on any atom is 0.234 e. The van der Waals surface area contributed by atoms with Gasteiger partial charge >= 0.3 is 0 Å². The van der Waals surface area contributed by atoms with Crippen LogP contribution in [0.5, 0.6) is 11.5 Å². The van der Waals surface area contributed by atoms with Crippen LogP contribution in [0.3, 0.4) is 0 Å². The largest absolute Gasteiger partial charge is 0.494 e. The van der Waals surface area contributed by atoms with Gasteiger partial charge in [-0.2, -0.15) is 0 Å². The van der Waals surface area contributed by atoms with E-state index in [9.17, 15) is 4.79 Å². The molecule has 0 saturated carbocycles. The van der Waals surface area contributed by atoms with Gasteiger partial charge in [0.1, 0.15) is 18.1 Å². The van der Waals surface area contributed by atoms with E-state index >= 15 is 0 Å². The fourth-order valence-electron chi connectivity index (χ4n) is 3.39. The SMILES string of the molecule is CCOc1ccc2c(c1)CN(CC(=O)NCc1ccc(OCCOC)cc1)CC2. The lowest BCUT2D eigenvalue weighted by molar-refractivity contribution is -0.122. The number of hydrogen-bond acceptors (Lipinski definition) is 5. The zero-order valence-corrected chi connectivity index (χ0v) is 17.3. The van der Waals surface area contributed by atoms with E-state index in [1.54, 1.807) is 7.11 Å². The van der Waals surface area contributed by atoms with Gasteiger partial charge in [-0.3, -0.25) is 9.69 Å². The number of fused-ring (bicyclic) bond motifs is 1. The zero-order valence-electron chi connectivity index (χ0n) is 17.3. The third-order valence-electron chi connectivity index (χ3n) is 4.92. The number of hydrogen-bond donors (Lipinski definition) is 1. The smallest absolute Gasteiger partial charge is 0.234 e. The molecular formula is C23H30N2O4. The first-order chi connectivity index (χ1) is 14.2. The monoisotopic (exact) mass is 398 g/mol. The molecule has 6 nitrogen and oxygen atoms in total. The van der Waals surface area contributed by atoms with E-state index in [1.165, 1.54) is 11.1 Å². The second-order valence-corrected chi connectivity index (χ2v) is 7.09. The Balaban J connectivity index is 1.44. The van der Waals surface area contributed by atoms with Crippen LogP contribution >= 0.6 is 0 Å². The lowest BCUT2D eigenvalue weighted by Gasteiger charge is -2.28. The van der Waals surface area contributed by atoms with E-state index in [0.29, 0.717) is 32.9 Å². The first-order valence-corrected chi connectivity index (χ1v) is 10.1. The number of amides is 1. The van der Waals surface area contributed by atoms with Gasteiger partial charge in [-0.25, -0.2) is 0 Å². The molecule has 1 aliphatic heterocycles. The summed E-state index contributed by atoms with van der Waals surface area (Å²) in [5, 5.41) is 3.01. The Morgan fingerprint density at radius 3 is 2.59 bits per heavy atom. The Morgan fingerprint density at radius 1 is 1.03 bits per heavy atom. The number of ether oxygens (including phenoxy) is 3. The summed E-state index contributed by atoms with van der Waals surface area (Å²) in [6, 6.07) is 14.0. The molecule has 0 bridgehead atoms. The lowest BCUT2D eigenvalue weighted by atomic mass is 9.99. The summed E-state index contributed by atoms with van der Waals surface area (Å²) >= 11 is 0. The second kappa shape index (κ2) is 10.8. The minimum Gasteiger partial charge on any atom is -0.494 e. The van der Waals surface area contributed by atoms with E-state index in [1.807, 2.05) is 37.3 Å². The van der Waals surface area contributed by atoms with Crippen molar-refractivity contribution in [2.24, 2.45) is 0 Å². The van der Waals surface area contributed by atoms with Crippen molar-refractivity contribution >= 4 is 5.91 Å². The summed E-state index contributed by atoms with van der Waals surface area (Å²) in [5.41, 5.74) is 3.64. The molecule has 29 heavy (non-hydrogen) atoms. The van der Waals surface area contributed by atoms with Gasteiger partial charge in [-0.05, 0) is 54.3 Å². The third-order valence-corrected chi connectivity index (χ3v) is 4.92. The number of nitrogens with one attached hydrogen (secondary N) is 1. The van der Waals surface area contributed by atoms with Crippen LogP contribution < -0.4 is 14.8 Å². The molecule has 1 aliphatic rings. The van der Waals surface area contributed by atoms with Crippen LogP contribution in [0.15, 0.2) is 42.5 Å². The number of carbonyl (C=O) groups excluding carboxylic acids is 1. The zero-order chi connectivity index (χ0) is 20.5. The standard InChI is InChI=1S/C23H30N2O4/c1-3-28-22-9-6-19-10-11-25(16-20(19)14-22)17-23(26)24-15-18-4-7-21(8-5-18)29-13-12-27-2/h4-9,14H,3,10-13,15-17H2,1-2H3,(H,24,26). The quantitative estimate of drug-likeness (QED) is 0.624. The highest BCUT2D eigenvalue weighted by Gasteiger charge is 2.19. The molecule has 0 radical (unpaired) electrons. The van der Waals surface area contributed by atoms with Crippen molar-refractivity contribution in [1.29, 1.82) is 0 Å². The molecule has 0 aromatic heterocycles. The maximum atomic E-state index is 12.4. The van der Waals surface area contributed by atoms with Gasteiger partial charge in [-0.15, -0.1) is 0 Å². The average Bonchev–Trinajstić information content (AvgIpc) is 2.73. The Morgan fingerprint density at radius 2 is 1.83 bits per heavy atom. The van der Waals surface area contributed by atoms with Gasteiger partial charge in [-0.1, -0.05) is 18.2 Å². The van der Waals surface area contributed by atoms with Crippen molar-refractivity contribution in [2.75, 3.05) is 40.0 Å². The van der Waals surface area contributed by atoms with Crippen molar-refractivity contribution in [3.05, 3.63) is 59.2 Å². The van der Waals surface area contributed by atoms with Crippen molar-refractivity contribution in [1.82, 2.24) is 10.2 Å². The molecule has 1 heterocycles. The summed E-state index contributed by atoms with van der Waals surface area (Å²) in [5.74, 6) is 1.73. The third kappa shape index (κ3) is 6.48. The van der Waals surface area contributed by atoms with Gasteiger partial charge in [0.2, 0.25) is 5.91 Å². The van der Waals surface area contributed by atoms with Crippen molar-refractivity contribution in [3.8, 4) is 11.5 Å². The van der Waals surface area contributed by atoms with Crippen LogP contribution in [0.2, 0.25) is 0 Å². The van der Waals surface area contributed by atoms with Crippen LogP contribution in [-0.2, 0) is 29.0 Å². The van der Waals surface area contributed by atoms with E-state index in [4.69, 9.17) is 14.2 Å². The van der Waals surface area contributed by atoms with E-state index in [2.05, 4.69) is 22.3 Å². The minimum atomic E-state index is 0.0369. The molecule has 0 spiro atoms. The van der Waals surface area contributed by atoms with E-state index < -0.39 is 0 Å². The molecule has 0 unspecified atom stereocenters. The van der Waals surface area contributed by atoms with Gasteiger partial charge in [0.05, 0.1) is 19.8 Å². The fourth-order valence-corrected chi connectivity index (χ4v) is 3.39. The molecule has 156 valence electrons. The summed E-state index contributed by atoms with van der Waals surface area (Å²) in [6.45, 7) is 6.30. The predicted molar refractivity (Wildman–Crippen MR) is 112 cm³/mol. The predicted octanol–water partition coefficient (Wildman–Crippen LogP) is 2.79. The highest BCUT2D eigenvalue weighted by Crippen LogP contribution is 2.23. The number of benzene rings is 2. The summed E-state index contributed by atoms with van der Waals surface area (Å²) in [4.78, 5) is 14.6. The normalized spacial score (nSPS) is 13.6. The highest BCUT2D eigenvalue weighted by molar-refractivity contribution is 5.78. The Hall–Kier alpha value is -2.57. The summed E-state index contributed by atoms with van der Waals surface area (Å²) in [7, 11) is 1.65.